The van der Waals surface area contributed by atoms with Gasteiger partial charge < -0.3 is 14.8 Å². The summed E-state index contributed by atoms with van der Waals surface area (Å²) < 4.78 is 1.61. The van der Waals surface area contributed by atoms with Gasteiger partial charge in [-0.15, -0.1) is 15.3 Å². The van der Waals surface area contributed by atoms with Crippen LogP contribution in [0.4, 0.5) is 17.2 Å². The summed E-state index contributed by atoms with van der Waals surface area (Å²) in [5.41, 5.74) is 1.05. The fraction of sp³-hybridized carbons (Fsp3) is 0.235. The molecule has 4 aromatic rings. The fourth-order valence-corrected chi connectivity index (χ4v) is 3.56. The molecular formula is C17H15N9O3. The summed E-state index contributed by atoms with van der Waals surface area (Å²) in [6.45, 7) is 2.41. The van der Waals surface area contributed by atoms with E-state index >= 15 is 0 Å². The number of hydrogen-bond acceptors (Lipinski definition) is 9. The van der Waals surface area contributed by atoms with Crippen molar-refractivity contribution < 1.29 is 4.92 Å². The Kier molecular flexibility index (Phi) is 3.82. The number of aromatic amines is 1. The number of fused-ring (bicyclic) bond motifs is 2. The zero-order valence-electron chi connectivity index (χ0n) is 15.1. The molecular weight excluding hydrogens is 378 g/mol. The van der Waals surface area contributed by atoms with Crippen LogP contribution in [0.25, 0.3) is 16.6 Å². The predicted octanol–water partition coefficient (Wildman–Crippen LogP) is 0.596. The molecule has 0 spiro atoms. The number of nitrogens with zero attached hydrogens (tertiary/aromatic N) is 8. The molecule has 0 unspecified atom stereocenters. The molecule has 0 bridgehead atoms. The molecule has 5 rings (SSSR count). The molecule has 1 aromatic carbocycles. The third-order valence-electron chi connectivity index (χ3n) is 5.03. The second-order valence-electron chi connectivity index (χ2n) is 6.65. The molecule has 12 nitrogen and oxygen atoms in total. The summed E-state index contributed by atoms with van der Waals surface area (Å²) in [5.74, 6) is 0.790. The molecule has 1 aliphatic rings. The van der Waals surface area contributed by atoms with Crippen LogP contribution in [0.5, 0.6) is 0 Å². The number of H-pyrrole nitrogens is 1. The van der Waals surface area contributed by atoms with Crippen LogP contribution in [-0.2, 0) is 0 Å². The van der Waals surface area contributed by atoms with E-state index in [2.05, 4.69) is 30.2 Å². The van der Waals surface area contributed by atoms with Crippen LogP contribution < -0.4 is 15.4 Å². The van der Waals surface area contributed by atoms with Gasteiger partial charge in [-0.05, 0) is 18.2 Å². The van der Waals surface area contributed by atoms with Crippen LogP contribution in [0.2, 0.25) is 0 Å². The van der Waals surface area contributed by atoms with Gasteiger partial charge in [0.25, 0.3) is 11.2 Å². The molecule has 0 aliphatic carbocycles. The number of anilines is 2. The van der Waals surface area contributed by atoms with Crippen molar-refractivity contribution in [2.24, 2.45) is 0 Å². The molecule has 1 fully saturated rings. The van der Waals surface area contributed by atoms with Crippen molar-refractivity contribution in [2.75, 3.05) is 36.0 Å². The summed E-state index contributed by atoms with van der Waals surface area (Å²) in [5, 5.41) is 24.1. The van der Waals surface area contributed by atoms with E-state index < -0.39 is 10.5 Å². The number of benzene rings is 1. The van der Waals surface area contributed by atoms with E-state index in [9.17, 15) is 14.9 Å². The van der Waals surface area contributed by atoms with Gasteiger partial charge in [0, 0.05) is 32.2 Å². The van der Waals surface area contributed by atoms with E-state index in [1.165, 1.54) is 12.4 Å². The number of hydrogen-bond donors (Lipinski definition) is 1. The summed E-state index contributed by atoms with van der Waals surface area (Å²) in [4.78, 5) is 33.7. The highest BCUT2D eigenvalue weighted by atomic mass is 16.6. The first-order valence-electron chi connectivity index (χ1n) is 8.93. The third kappa shape index (κ3) is 2.90. The molecule has 1 saturated heterocycles. The highest BCUT2D eigenvalue weighted by Crippen LogP contribution is 2.32. The largest absolute Gasteiger partial charge is 0.362 e. The van der Waals surface area contributed by atoms with Gasteiger partial charge in [-0.2, -0.15) is 4.52 Å². The van der Waals surface area contributed by atoms with Crippen molar-refractivity contribution in [1.82, 2.24) is 29.8 Å². The van der Waals surface area contributed by atoms with E-state index in [-0.39, 0.29) is 11.1 Å². The van der Waals surface area contributed by atoms with E-state index in [0.717, 1.165) is 5.82 Å². The van der Waals surface area contributed by atoms with Crippen molar-refractivity contribution in [3.8, 4) is 0 Å². The maximum Gasteiger partial charge on any atom is 0.293 e. The number of nitro benzene ring substituents is 1. The minimum absolute atomic E-state index is 0.103. The van der Waals surface area contributed by atoms with Gasteiger partial charge in [-0.25, -0.2) is 4.98 Å². The first-order chi connectivity index (χ1) is 14.1. The maximum atomic E-state index is 12.0. The summed E-state index contributed by atoms with van der Waals surface area (Å²) in [6.07, 6.45) is 2.84. The van der Waals surface area contributed by atoms with Crippen molar-refractivity contribution in [3.05, 3.63) is 57.4 Å². The Hall–Kier alpha value is -4.09. The van der Waals surface area contributed by atoms with Crippen molar-refractivity contribution in [1.29, 1.82) is 0 Å². The van der Waals surface area contributed by atoms with Crippen LogP contribution in [0.3, 0.4) is 0 Å². The van der Waals surface area contributed by atoms with Gasteiger partial charge in [-0.1, -0.05) is 0 Å². The van der Waals surface area contributed by atoms with Crippen LogP contribution in [0, 0.1) is 10.1 Å². The Bertz CT molecular complexity index is 1290. The Balaban J connectivity index is 1.44. The summed E-state index contributed by atoms with van der Waals surface area (Å²) >= 11 is 0. The molecule has 0 atom stereocenters. The molecule has 4 heterocycles. The lowest BCUT2D eigenvalue weighted by Gasteiger charge is -2.36. The SMILES string of the molecule is O=c1[nH]cnc2cc(N3CCN(c4ccc5nncn5n4)CC3)c([N+](=O)[O-])cc12. The normalized spacial score (nSPS) is 14.6. The van der Waals surface area contributed by atoms with Crippen LogP contribution >= 0.6 is 0 Å². The van der Waals surface area contributed by atoms with E-state index in [0.29, 0.717) is 43.0 Å². The number of piperazine rings is 1. The number of rotatable bonds is 3. The van der Waals surface area contributed by atoms with Crippen LogP contribution in [-0.4, -0.2) is 60.9 Å². The highest BCUT2D eigenvalue weighted by Gasteiger charge is 2.26. The van der Waals surface area contributed by atoms with E-state index in [4.69, 9.17) is 0 Å². The molecule has 1 N–H and O–H groups in total. The summed E-state index contributed by atoms with van der Waals surface area (Å²) in [7, 11) is 0. The highest BCUT2D eigenvalue weighted by molar-refractivity contribution is 5.87. The molecule has 0 radical (unpaired) electrons. The topological polar surface area (TPSA) is 138 Å². The van der Waals surface area contributed by atoms with Crippen LogP contribution in [0.1, 0.15) is 0 Å². The van der Waals surface area contributed by atoms with Crippen LogP contribution in [0.15, 0.2) is 41.7 Å². The Labute approximate surface area is 162 Å². The van der Waals surface area contributed by atoms with Gasteiger partial charge >= 0.3 is 0 Å². The van der Waals surface area contributed by atoms with Crippen molar-refractivity contribution >= 4 is 33.7 Å². The first-order valence-corrected chi connectivity index (χ1v) is 8.93. The summed E-state index contributed by atoms with van der Waals surface area (Å²) in [6, 6.07) is 6.64. The molecule has 146 valence electrons. The predicted molar refractivity (Wildman–Crippen MR) is 104 cm³/mol. The lowest BCUT2D eigenvalue weighted by molar-refractivity contribution is -0.384. The monoisotopic (exact) mass is 393 g/mol. The maximum absolute atomic E-state index is 12.0. The molecule has 3 aromatic heterocycles. The minimum atomic E-state index is -0.463. The van der Waals surface area contributed by atoms with Gasteiger partial charge in [0.2, 0.25) is 0 Å². The Morgan fingerprint density at radius 2 is 1.90 bits per heavy atom. The molecule has 0 saturated carbocycles. The average molecular weight is 393 g/mol. The zero-order valence-corrected chi connectivity index (χ0v) is 15.1. The standard InChI is InChI=1S/C17H15N9O3/c27-17-11-7-14(26(28)29)13(8-12(11)18-9-19-17)23-3-5-24(6-4-23)16-2-1-15-21-20-10-25(15)22-16/h1-2,7-10H,3-6H2,(H,18,19,27). The Morgan fingerprint density at radius 3 is 2.69 bits per heavy atom. The van der Waals surface area contributed by atoms with Gasteiger partial charge in [0.05, 0.1) is 22.2 Å². The minimum Gasteiger partial charge on any atom is -0.362 e. The second-order valence-corrected chi connectivity index (χ2v) is 6.65. The van der Waals surface area contributed by atoms with Crippen molar-refractivity contribution in [2.45, 2.75) is 0 Å². The zero-order chi connectivity index (χ0) is 20.0. The van der Waals surface area contributed by atoms with Crippen molar-refractivity contribution in [3.63, 3.8) is 0 Å². The average Bonchev–Trinajstić information content (AvgIpc) is 3.21. The fourth-order valence-electron chi connectivity index (χ4n) is 3.56. The number of nitrogens with one attached hydrogen (secondary N) is 1. The van der Waals surface area contributed by atoms with E-state index in [1.807, 2.05) is 17.0 Å². The molecule has 0 amide bonds. The van der Waals surface area contributed by atoms with Gasteiger partial charge in [0.1, 0.15) is 17.8 Å². The second kappa shape index (κ2) is 6.51. The lowest BCUT2D eigenvalue weighted by atomic mass is 10.1. The Morgan fingerprint density at radius 1 is 1.10 bits per heavy atom. The number of nitro groups is 1. The first kappa shape index (κ1) is 17.0. The molecule has 29 heavy (non-hydrogen) atoms. The number of aromatic nitrogens is 6. The quantitative estimate of drug-likeness (QED) is 0.391. The molecule has 12 heteroatoms. The molecule has 1 aliphatic heterocycles. The smallest absolute Gasteiger partial charge is 0.293 e. The van der Waals surface area contributed by atoms with E-state index in [1.54, 1.807) is 16.9 Å². The van der Waals surface area contributed by atoms with Gasteiger partial charge in [-0.3, -0.25) is 14.9 Å². The third-order valence-corrected chi connectivity index (χ3v) is 5.03. The van der Waals surface area contributed by atoms with Gasteiger partial charge in [0.15, 0.2) is 5.65 Å². The lowest BCUT2D eigenvalue weighted by Crippen LogP contribution is -2.47.